The fourth-order valence-electron chi connectivity index (χ4n) is 2.37. The number of carboxylic acid groups (broad SMARTS) is 1. The number of carboxylic acids is 1. The lowest BCUT2D eigenvalue weighted by Gasteiger charge is -2.12. The van der Waals surface area contributed by atoms with Crippen LogP contribution >= 0.6 is 0 Å². The highest BCUT2D eigenvalue weighted by Gasteiger charge is 2.15. The van der Waals surface area contributed by atoms with Crippen LogP contribution in [0, 0.1) is 6.92 Å². The van der Waals surface area contributed by atoms with E-state index < -0.39 is 5.97 Å². The molecule has 23 heavy (non-hydrogen) atoms. The average Bonchev–Trinajstić information content (AvgIpc) is 3.05. The number of rotatable bonds is 4. The maximum absolute atomic E-state index is 11.0. The van der Waals surface area contributed by atoms with Crippen LogP contribution in [0.3, 0.4) is 0 Å². The van der Waals surface area contributed by atoms with Crippen molar-refractivity contribution >= 4 is 5.97 Å². The normalized spacial score (nSPS) is 10.7. The van der Waals surface area contributed by atoms with Crippen LogP contribution in [-0.2, 0) is 6.42 Å². The fourth-order valence-corrected chi connectivity index (χ4v) is 2.37. The number of hydrogen-bond donors (Lipinski definition) is 1. The summed E-state index contributed by atoms with van der Waals surface area (Å²) >= 11 is 0. The minimum absolute atomic E-state index is 0.0196. The number of pyridine rings is 1. The molecule has 1 N–H and O–H groups in total. The van der Waals surface area contributed by atoms with Crippen LogP contribution in [0.1, 0.15) is 28.7 Å². The number of nitrogens with zero attached hydrogens (tertiary/aromatic N) is 5. The van der Waals surface area contributed by atoms with E-state index in [4.69, 9.17) is 5.11 Å². The standard InChI is InChI=1S/C16H15N5O2/c1-3-12-10(2)18-14(11-4-7-17-8-5-11)19-15(12)21-9-6-13(20-21)16(22)23/h4-9H,3H2,1-2H3,(H,22,23). The molecule has 3 heterocycles. The minimum atomic E-state index is -1.07. The largest absolute Gasteiger partial charge is 0.476 e. The van der Waals surface area contributed by atoms with E-state index in [1.165, 1.54) is 10.7 Å². The Morgan fingerprint density at radius 2 is 1.96 bits per heavy atom. The zero-order chi connectivity index (χ0) is 16.4. The van der Waals surface area contributed by atoms with Crippen molar-refractivity contribution in [3.8, 4) is 17.2 Å². The molecule has 3 aromatic heterocycles. The van der Waals surface area contributed by atoms with Crippen molar-refractivity contribution in [3.63, 3.8) is 0 Å². The van der Waals surface area contributed by atoms with Crippen molar-refractivity contribution in [2.45, 2.75) is 20.3 Å². The molecule has 0 saturated carbocycles. The third-order valence-corrected chi connectivity index (χ3v) is 3.51. The smallest absolute Gasteiger partial charge is 0.356 e. The molecule has 0 aromatic carbocycles. The molecule has 0 spiro atoms. The van der Waals surface area contributed by atoms with Crippen LogP contribution in [0.15, 0.2) is 36.8 Å². The molecule has 0 aliphatic rings. The van der Waals surface area contributed by atoms with Gasteiger partial charge in [-0.3, -0.25) is 4.98 Å². The highest BCUT2D eigenvalue weighted by atomic mass is 16.4. The van der Waals surface area contributed by atoms with Gasteiger partial charge in [-0.25, -0.2) is 19.4 Å². The topological polar surface area (TPSA) is 93.8 Å². The number of aromatic carboxylic acids is 1. The molecule has 0 unspecified atom stereocenters. The number of carbonyl (C=O) groups is 1. The predicted molar refractivity (Wildman–Crippen MR) is 83.5 cm³/mol. The van der Waals surface area contributed by atoms with Gasteiger partial charge in [-0.1, -0.05) is 6.92 Å². The van der Waals surface area contributed by atoms with Crippen molar-refractivity contribution in [2.24, 2.45) is 0 Å². The van der Waals surface area contributed by atoms with E-state index in [2.05, 4.69) is 20.1 Å². The molecule has 7 nitrogen and oxygen atoms in total. The Kier molecular flexibility index (Phi) is 3.84. The molecular formula is C16H15N5O2. The van der Waals surface area contributed by atoms with E-state index in [9.17, 15) is 4.79 Å². The molecule has 3 aromatic rings. The maximum Gasteiger partial charge on any atom is 0.356 e. The predicted octanol–water partition coefficient (Wildman–Crippen LogP) is 2.29. The van der Waals surface area contributed by atoms with Gasteiger partial charge in [-0.05, 0) is 31.5 Å². The lowest BCUT2D eigenvalue weighted by molar-refractivity contribution is 0.0690. The van der Waals surface area contributed by atoms with E-state index in [-0.39, 0.29) is 5.69 Å². The van der Waals surface area contributed by atoms with Crippen molar-refractivity contribution in [1.29, 1.82) is 0 Å². The third kappa shape index (κ3) is 2.80. The molecule has 0 saturated heterocycles. The zero-order valence-electron chi connectivity index (χ0n) is 12.8. The zero-order valence-corrected chi connectivity index (χ0v) is 12.8. The summed E-state index contributed by atoms with van der Waals surface area (Å²) in [6.07, 6.45) is 5.68. The molecular weight excluding hydrogens is 294 g/mol. The van der Waals surface area contributed by atoms with Gasteiger partial charge in [-0.2, -0.15) is 5.10 Å². The van der Waals surface area contributed by atoms with Crippen LogP contribution < -0.4 is 0 Å². The second-order valence-electron chi connectivity index (χ2n) is 4.97. The van der Waals surface area contributed by atoms with Crippen molar-refractivity contribution in [1.82, 2.24) is 24.7 Å². The van der Waals surface area contributed by atoms with Crippen molar-refractivity contribution in [2.75, 3.05) is 0 Å². The number of aryl methyl sites for hydroxylation is 1. The van der Waals surface area contributed by atoms with Gasteiger partial charge in [-0.15, -0.1) is 0 Å². The van der Waals surface area contributed by atoms with E-state index in [1.807, 2.05) is 26.0 Å². The Bertz CT molecular complexity index is 858. The minimum Gasteiger partial charge on any atom is -0.476 e. The van der Waals surface area contributed by atoms with Gasteiger partial charge >= 0.3 is 5.97 Å². The van der Waals surface area contributed by atoms with Gasteiger partial charge in [0.2, 0.25) is 0 Å². The molecule has 0 fully saturated rings. The lowest BCUT2D eigenvalue weighted by atomic mass is 10.1. The molecule has 0 radical (unpaired) electrons. The Balaban J connectivity index is 2.17. The van der Waals surface area contributed by atoms with E-state index in [1.54, 1.807) is 18.6 Å². The van der Waals surface area contributed by atoms with Crippen LogP contribution in [0.25, 0.3) is 17.2 Å². The molecule has 116 valence electrons. The van der Waals surface area contributed by atoms with Gasteiger partial charge in [0, 0.05) is 35.4 Å². The maximum atomic E-state index is 11.0. The third-order valence-electron chi connectivity index (χ3n) is 3.51. The van der Waals surface area contributed by atoms with Crippen LogP contribution in [-0.4, -0.2) is 35.8 Å². The highest BCUT2D eigenvalue weighted by molar-refractivity contribution is 5.85. The molecule has 0 amide bonds. The first-order chi connectivity index (χ1) is 11.1. The summed E-state index contributed by atoms with van der Waals surface area (Å²) in [5.74, 6) is 0.0886. The van der Waals surface area contributed by atoms with Crippen molar-refractivity contribution in [3.05, 3.63) is 53.7 Å². The van der Waals surface area contributed by atoms with Gasteiger partial charge in [0.05, 0.1) is 0 Å². The molecule has 0 atom stereocenters. The second-order valence-corrected chi connectivity index (χ2v) is 4.97. The quantitative estimate of drug-likeness (QED) is 0.794. The van der Waals surface area contributed by atoms with Crippen molar-refractivity contribution < 1.29 is 9.90 Å². The summed E-state index contributed by atoms with van der Waals surface area (Å²) in [4.78, 5) is 24.2. The second kappa shape index (κ2) is 5.96. The lowest BCUT2D eigenvalue weighted by Crippen LogP contribution is -2.09. The van der Waals surface area contributed by atoms with Gasteiger partial charge in [0.1, 0.15) is 0 Å². The Morgan fingerprint density at radius 1 is 1.22 bits per heavy atom. The SMILES string of the molecule is CCc1c(C)nc(-c2ccncc2)nc1-n1ccc(C(=O)O)n1. The average molecular weight is 309 g/mol. The Morgan fingerprint density at radius 3 is 2.57 bits per heavy atom. The molecule has 0 aliphatic carbocycles. The molecule has 3 rings (SSSR count). The molecule has 0 bridgehead atoms. The van der Waals surface area contributed by atoms with Crippen LogP contribution in [0.2, 0.25) is 0 Å². The number of aromatic nitrogens is 5. The van der Waals surface area contributed by atoms with Crippen LogP contribution in [0.5, 0.6) is 0 Å². The first-order valence-electron chi connectivity index (χ1n) is 7.17. The first-order valence-corrected chi connectivity index (χ1v) is 7.17. The summed E-state index contributed by atoms with van der Waals surface area (Å²) in [6, 6.07) is 5.11. The molecule has 7 heteroatoms. The Hall–Kier alpha value is -3.09. The van der Waals surface area contributed by atoms with E-state index >= 15 is 0 Å². The monoisotopic (exact) mass is 309 g/mol. The number of hydrogen-bond acceptors (Lipinski definition) is 5. The summed E-state index contributed by atoms with van der Waals surface area (Å²) < 4.78 is 1.49. The van der Waals surface area contributed by atoms with E-state index in [0.29, 0.717) is 11.6 Å². The summed E-state index contributed by atoms with van der Waals surface area (Å²) in [5.41, 5.74) is 2.60. The first kappa shape index (κ1) is 14.8. The Labute approximate surface area is 132 Å². The van der Waals surface area contributed by atoms with E-state index in [0.717, 1.165) is 23.2 Å². The summed E-state index contributed by atoms with van der Waals surface area (Å²) in [6.45, 7) is 3.92. The molecule has 0 aliphatic heterocycles. The fraction of sp³-hybridized carbons (Fsp3) is 0.188. The summed E-state index contributed by atoms with van der Waals surface area (Å²) in [7, 11) is 0. The summed E-state index contributed by atoms with van der Waals surface area (Å²) in [5, 5.41) is 13.1. The van der Waals surface area contributed by atoms with Gasteiger partial charge in [0.15, 0.2) is 17.3 Å². The van der Waals surface area contributed by atoms with Gasteiger partial charge in [0.25, 0.3) is 0 Å². The van der Waals surface area contributed by atoms with Crippen LogP contribution in [0.4, 0.5) is 0 Å². The van der Waals surface area contributed by atoms with Gasteiger partial charge < -0.3 is 5.11 Å². The highest BCUT2D eigenvalue weighted by Crippen LogP contribution is 2.21.